The summed E-state index contributed by atoms with van der Waals surface area (Å²) in [5.41, 5.74) is 8.18. The summed E-state index contributed by atoms with van der Waals surface area (Å²) in [6.07, 6.45) is 4.60. The summed E-state index contributed by atoms with van der Waals surface area (Å²) in [5, 5.41) is 3.12. The van der Waals surface area contributed by atoms with Crippen molar-refractivity contribution in [3.05, 3.63) is 35.1 Å². The predicted molar refractivity (Wildman–Crippen MR) is 63.7 cm³/mol. The first-order valence-electron chi connectivity index (χ1n) is 5.78. The fraction of sp³-hybridized carbons (Fsp3) is 0.385. The quantitative estimate of drug-likeness (QED) is 0.810. The zero-order chi connectivity index (χ0) is 11.0. The van der Waals surface area contributed by atoms with Crippen LogP contribution in [0.3, 0.4) is 0 Å². The van der Waals surface area contributed by atoms with Gasteiger partial charge in [-0.2, -0.15) is 0 Å². The van der Waals surface area contributed by atoms with Gasteiger partial charge in [0.05, 0.1) is 12.4 Å². The number of benzene rings is 1. The molecular formula is C13H16N2O. The number of rotatable bonds is 3. The standard InChI is InChI=1S/C13H16N2O/c14-13-6-11-5-12(16-8-9-1-2-9)4-3-10(11)7-15-13/h3-6,9,15H,1-2,7-8,14H2. The average Bonchev–Trinajstić information content (AvgIpc) is 3.09. The molecule has 2 aliphatic rings. The number of hydrogen-bond acceptors (Lipinski definition) is 3. The molecule has 1 fully saturated rings. The lowest BCUT2D eigenvalue weighted by atomic mass is 10.0. The summed E-state index contributed by atoms with van der Waals surface area (Å²) < 4.78 is 5.74. The van der Waals surface area contributed by atoms with Gasteiger partial charge in [0.1, 0.15) is 5.75 Å². The molecule has 1 aromatic rings. The van der Waals surface area contributed by atoms with E-state index in [2.05, 4.69) is 17.4 Å². The van der Waals surface area contributed by atoms with Crippen LogP contribution in [0.25, 0.3) is 6.08 Å². The van der Waals surface area contributed by atoms with E-state index in [9.17, 15) is 0 Å². The number of nitrogens with two attached hydrogens (primary N) is 1. The van der Waals surface area contributed by atoms with Crippen molar-refractivity contribution in [2.75, 3.05) is 6.61 Å². The van der Waals surface area contributed by atoms with Crippen molar-refractivity contribution in [3.8, 4) is 5.75 Å². The summed E-state index contributed by atoms with van der Waals surface area (Å²) in [5.74, 6) is 2.47. The van der Waals surface area contributed by atoms with Crippen LogP contribution in [0.15, 0.2) is 24.0 Å². The topological polar surface area (TPSA) is 47.3 Å². The van der Waals surface area contributed by atoms with Gasteiger partial charge in [-0.15, -0.1) is 0 Å². The molecular weight excluding hydrogens is 200 g/mol. The molecule has 16 heavy (non-hydrogen) atoms. The molecule has 0 radical (unpaired) electrons. The molecule has 84 valence electrons. The zero-order valence-electron chi connectivity index (χ0n) is 9.20. The van der Waals surface area contributed by atoms with E-state index in [-0.39, 0.29) is 0 Å². The SMILES string of the molecule is NC1=Cc2cc(OCC3CC3)ccc2CN1. The molecule has 3 heteroatoms. The van der Waals surface area contributed by atoms with E-state index in [4.69, 9.17) is 10.5 Å². The van der Waals surface area contributed by atoms with E-state index in [0.29, 0.717) is 0 Å². The number of ether oxygens (including phenoxy) is 1. The van der Waals surface area contributed by atoms with Gasteiger partial charge < -0.3 is 15.8 Å². The van der Waals surface area contributed by atoms with Crippen LogP contribution >= 0.6 is 0 Å². The van der Waals surface area contributed by atoms with Gasteiger partial charge in [-0.1, -0.05) is 6.07 Å². The van der Waals surface area contributed by atoms with Gasteiger partial charge in [-0.25, -0.2) is 0 Å². The first-order chi connectivity index (χ1) is 7.81. The predicted octanol–water partition coefficient (Wildman–Crippen LogP) is 1.84. The molecule has 3 nitrogen and oxygen atoms in total. The normalized spacial score (nSPS) is 18.4. The van der Waals surface area contributed by atoms with Crippen LogP contribution in [0, 0.1) is 5.92 Å². The van der Waals surface area contributed by atoms with E-state index in [1.807, 2.05) is 12.1 Å². The molecule has 0 atom stereocenters. The van der Waals surface area contributed by atoms with Crippen LogP contribution in [-0.4, -0.2) is 6.61 Å². The van der Waals surface area contributed by atoms with Gasteiger partial charge >= 0.3 is 0 Å². The highest BCUT2D eigenvalue weighted by Gasteiger charge is 2.22. The Morgan fingerprint density at radius 2 is 2.25 bits per heavy atom. The highest BCUT2D eigenvalue weighted by Crippen LogP contribution is 2.30. The monoisotopic (exact) mass is 216 g/mol. The minimum atomic E-state index is 0.729. The number of nitrogens with one attached hydrogen (secondary N) is 1. The molecule has 0 amide bonds. The van der Waals surface area contributed by atoms with Crippen LogP contribution in [0.4, 0.5) is 0 Å². The number of hydrogen-bond donors (Lipinski definition) is 2. The van der Waals surface area contributed by atoms with E-state index < -0.39 is 0 Å². The summed E-state index contributed by atoms with van der Waals surface area (Å²) in [6, 6.07) is 6.22. The van der Waals surface area contributed by atoms with Gasteiger partial charge in [0.15, 0.2) is 0 Å². The van der Waals surface area contributed by atoms with Gasteiger partial charge in [0.25, 0.3) is 0 Å². The molecule has 0 spiro atoms. The van der Waals surface area contributed by atoms with Crippen molar-refractivity contribution in [3.63, 3.8) is 0 Å². The second-order valence-electron chi connectivity index (χ2n) is 4.57. The maximum atomic E-state index is 5.74. The van der Waals surface area contributed by atoms with Crippen molar-refractivity contribution in [2.45, 2.75) is 19.4 Å². The van der Waals surface area contributed by atoms with Crippen molar-refractivity contribution >= 4 is 6.08 Å². The second-order valence-corrected chi connectivity index (χ2v) is 4.57. The molecule has 0 saturated heterocycles. The van der Waals surface area contributed by atoms with Crippen molar-refractivity contribution in [2.24, 2.45) is 11.7 Å². The Labute approximate surface area is 95.3 Å². The highest BCUT2D eigenvalue weighted by atomic mass is 16.5. The largest absolute Gasteiger partial charge is 0.493 e. The molecule has 3 N–H and O–H groups in total. The van der Waals surface area contributed by atoms with Gasteiger partial charge in [0, 0.05) is 6.54 Å². The molecule has 0 unspecified atom stereocenters. The van der Waals surface area contributed by atoms with Gasteiger partial charge in [-0.3, -0.25) is 0 Å². The molecule has 1 aliphatic carbocycles. The zero-order valence-corrected chi connectivity index (χ0v) is 9.20. The molecule has 0 bridgehead atoms. The molecule has 3 rings (SSSR count). The lowest BCUT2D eigenvalue weighted by Crippen LogP contribution is -2.23. The average molecular weight is 216 g/mol. The molecule has 0 aromatic heterocycles. The first-order valence-corrected chi connectivity index (χ1v) is 5.78. The third-order valence-corrected chi connectivity index (χ3v) is 3.09. The summed E-state index contributed by atoms with van der Waals surface area (Å²) in [4.78, 5) is 0. The molecule has 1 heterocycles. The second kappa shape index (κ2) is 3.74. The summed E-state index contributed by atoms with van der Waals surface area (Å²) in [7, 11) is 0. The fourth-order valence-corrected chi connectivity index (χ4v) is 1.87. The summed E-state index contributed by atoms with van der Waals surface area (Å²) in [6.45, 7) is 1.66. The van der Waals surface area contributed by atoms with E-state index in [1.165, 1.54) is 24.0 Å². The van der Waals surface area contributed by atoms with Crippen molar-refractivity contribution in [1.82, 2.24) is 5.32 Å². The van der Waals surface area contributed by atoms with E-state index >= 15 is 0 Å². The third-order valence-electron chi connectivity index (χ3n) is 3.09. The van der Waals surface area contributed by atoms with Gasteiger partial charge in [0.2, 0.25) is 0 Å². The van der Waals surface area contributed by atoms with Gasteiger partial charge in [-0.05, 0) is 48.1 Å². The smallest absolute Gasteiger partial charge is 0.119 e. The lowest BCUT2D eigenvalue weighted by molar-refractivity contribution is 0.299. The van der Waals surface area contributed by atoms with E-state index in [1.54, 1.807) is 0 Å². The Morgan fingerprint density at radius 3 is 3.06 bits per heavy atom. The van der Waals surface area contributed by atoms with Crippen molar-refractivity contribution < 1.29 is 4.74 Å². The maximum Gasteiger partial charge on any atom is 0.119 e. The third kappa shape index (κ3) is 1.98. The Morgan fingerprint density at radius 1 is 1.38 bits per heavy atom. The van der Waals surface area contributed by atoms with Crippen LogP contribution in [0.2, 0.25) is 0 Å². The Hall–Kier alpha value is -1.64. The molecule has 1 aromatic carbocycles. The van der Waals surface area contributed by atoms with Crippen LogP contribution in [0.1, 0.15) is 24.0 Å². The Bertz CT molecular complexity index is 436. The molecule has 1 aliphatic heterocycles. The maximum absolute atomic E-state index is 5.74. The number of fused-ring (bicyclic) bond motifs is 1. The first kappa shape index (κ1) is 9.58. The van der Waals surface area contributed by atoms with Crippen LogP contribution in [0.5, 0.6) is 5.75 Å². The minimum Gasteiger partial charge on any atom is -0.493 e. The Balaban J connectivity index is 1.78. The minimum absolute atomic E-state index is 0.729. The van der Waals surface area contributed by atoms with Crippen LogP contribution < -0.4 is 15.8 Å². The van der Waals surface area contributed by atoms with Crippen molar-refractivity contribution in [1.29, 1.82) is 0 Å². The Kier molecular flexibility index (Phi) is 2.24. The van der Waals surface area contributed by atoms with E-state index in [0.717, 1.165) is 30.6 Å². The molecule has 1 saturated carbocycles. The van der Waals surface area contributed by atoms with Crippen LogP contribution in [-0.2, 0) is 6.54 Å². The summed E-state index contributed by atoms with van der Waals surface area (Å²) >= 11 is 0. The fourth-order valence-electron chi connectivity index (χ4n) is 1.87. The highest BCUT2D eigenvalue weighted by molar-refractivity contribution is 5.60. The lowest BCUT2D eigenvalue weighted by Gasteiger charge is -2.17.